The summed E-state index contributed by atoms with van der Waals surface area (Å²) in [5.41, 5.74) is 2.25. The van der Waals surface area contributed by atoms with Crippen molar-refractivity contribution in [2.24, 2.45) is 5.92 Å². The maximum absolute atomic E-state index is 12.9. The van der Waals surface area contributed by atoms with Crippen molar-refractivity contribution in [3.05, 3.63) is 41.5 Å². The van der Waals surface area contributed by atoms with Crippen LogP contribution in [0.4, 0.5) is 18.9 Å². The van der Waals surface area contributed by atoms with Gasteiger partial charge in [-0.05, 0) is 56.2 Å². The zero-order chi connectivity index (χ0) is 17.2. The molecule has 23 heavy (non-hydrogen) atoms. The van der Waals surface area contributed by atoms with Gasteiger partial charge in [0.2, 0.25) is 5.91 Å². The van der Waals surface area contributed by atoms with Crippen LogP contribution < -0.4 is 4.90 Å². The molecule has 2 nitrogen and oxygen atoms in total. The molecule has 1 aliphatic heterocycles. The van der Waals surface area contributed by atoms with Gasteiger partial charge in [0.25, 0.3) is 0 Å². The molecule has 1 aromatic carbocycles. The molecule has 3 rings (SSSR count). The number of allylic oxidation sites excluding steroid dienone is 1. The first kappa shape index (κ1) is 16.1. The molecule has 1 fully saturated rings. The minimum Gasteiger partial charge on any atom is -0.302 e. The van der Waals surface area contributed by atoms with E-state index in [1.54, 1.807) is 19.9 Å². The third-order valence-electron chi connectivity index (χ3n) is 4.95. The van der Waals surface area contributed by atoms with E-state index in [2.05, 4.69) is 6.58 Å². The SMILES string of the molecule is C=C(C)[C@H]1C[C@@H]1c1ccc2c(c1)N(CC(F)(F)F)C(=O)C2(C)C. The fourth-order valence-corrected chi connectivity index (χ4v) is 3.54. The van der Waals surface area contributed by atoms with E-state index in [1.807, 2.05) is 19.1 Å². The summed E-state index contributed by atoms with van der Waals surface area (Å²) in [5.74, 6) is 0.216. The van der Waals surface area contributed by atoms with Gasteiger partial charge in [0.1, 0.15) is 6.54 Å². The molecule has 1 aliphatic carbocycles. The van der Waals surface area contributed by atoms with Crippen molar-refractivity contribution >= 4 is 11.6 Å². The van der Waals surface area contributed by atoms with Crippen molar-refractivity contribution in [1.82, 2.24) is 0 Å². The van der Waals surface area contributed by atoms with Crippen LogP contribution >= 0.6 is 0 Å². The highest BCUT2D eigenvalue weighted by molar-refractivity contribution is 6.07. The first-order chi connectivity index (χ1) is 10.5. The minimum absolute atomic E-state index is 0.310. The predicted molar refractivity (Wildman–Crippen MR) is 83.5 cm³/mol. The third kappa shape index (κ3) is 2.66. The molecule has 1 aromatic rings. The predicted octanol–water partition coefficient (Wildman–Crippen LogP) is 4.55. The topological polar surface area (TPSA) is 20.3 Å². The largest absolute Gasteiger partial charge is 0.406 e. The van der Waals surface area contributed by atoms with Crippen LogP contribution in [0.25, 0.3) is 0 Å². The summed E-state index contributed by atoms with van der Waals surface area (Å²) in [6.45, 7) is 8.04. The molecule has 124 valence electrons. The summed E-state index contributed by atoms with van der Waals surface area (Å²) in [5, 5.41) is 0. The van der Waals surface area contributed by atoms with Crippen molar-refractivity contribution in [1.29, 1.82) is 0 Å². The van der Waals surface area contributed by atoms with E-state index in [0.29, 0.717) is 23.1 Å². The van der Waals surface area contributed by atoms with Gasteiger partial charge in [-0.15, -0.1) is 0 Å². The maximum atomic E-state index is 12.9. The highest BCUT2D eigenvalue weighted by Gasteiger charge is 2.48. The van der Waals surface area contributed by atoms with E-state index >= 15 is 0 Å². The first-order valence-electron chi connectivity index (χ1n) is 7.71. The van der Waals surface area contributed by atoms with Crippen LogP contribution in [0.1, 0.15) is 44.2 Å². The molecule has 2 aliphatic rings. The number of hydrogen-bond donors (Lipinski definition) is 0. The van der Waals surface area contributed by atoms with Gasteiger partial charge in [0.15, 0.2) is 0 Å². The molecule has 2 atom stereocenters. The van der Waals surface area contributed by atoms with Crippen LogP contribution in [0.3, 0.4) is 0 Å². The zero-order valence-corrected chi connectivity index (χ0v) is 13.5. The van der Waals surface area contributed by atoms with Crippen molar-refractivity contribution < 1.29 is 18.0 Å². The summed E-state index contributed by atoms with van der Waals surface area (Å²) < 4.78 is 38.6. The monoisotopic (exact) mass is 323 g/mol. The number of anilines is 1. The Morgan fingerprint density at radius 2 is 2.04 bits per heavy atom. The van der Waals surface area contributed by atoms with Crippen molar-refractivity contribution in [2.75, 3.05) is 11.4 Å². The van der Waals surface area contributed by atoms with E-state index in [9.17, 15) is 18.0 Å². The minimum atomic E-state index is -4.41. The van der Waals surface area contributed by atoms with E-state index in [0.717, 1.165) is 22.5 Å². The lowest BCUT2D eigenvalue weighted by molar-refractivity contribution is -0.134. The number of benzene rings is 1. The second-order valence-corrected chi connectivity index (χ2v) is 7.20. The van der Waals surface area contributed by atoms with Crippen LogP contribution in [-0.4, -0.2) is 18.6 Å². The Morgan fingerprint density at radius 3 is 2.57 bits per heavy atom. The van der Waals surface area contributed by atoms with Crippen molar-refractivity contribution in [2.45, 2.75) is 44.7 Å². The average molecular weight is 323 g/mol. The number of carbonyl (C=O) groups excluding carboxylic acids is 1. The van der Waals surface area contributed by atoms with Gasteiger partial charge in [-0.3, -0.25) is 4.79 Å². The summed E-state index contributed by atoms with van der Waals surface area (Å²) in [6.07, 6.45) is -3.44. The van der Waals surface area contributed by atoms with Crippen LogP contribution in [0.15, 0.2) is 30.4 Å². The van der Waals surface area contributed by atoms with Crippen LogP contribution in [0, 0.1) is 5.92 Å². The number of fused-ring (bicyclic) bond motifs is 1. The summed E-state index contributed by atoms with van der Waals surface area (Å²) in [7, 11) is 0. The van der Waals surface area contributed by atoms with Gasteiger partial charge >= 0.3 is 6.18 Å². The number of alkyl halides is 3. The quantitative estimate of drug-likeness (QED) is 0.747. The number of carbonyl (C=O) groups is 1. The Hall–Kier alpha value is -1.78. The molecule has 1 heterocycles. The second-order valence-electron chi connectivity index (χ2n) is 7.20. The van der Waals surface area contributed by atoms with Crippen molar-refractivity contribution in [3.63, 3.8) is 0 Å². The van der Waals surface area contributed by atoms with Crippen molar-refractivity contribution in [3.8, 4) is 0 Å². The molecule has 0 saturated heterocycles. The molecule has 1 amide bonds. The lowest BCUT2D eigenvalue weighted by Gasteiger charge is -2.21. The molecule has 0 aromatic heterocycles. The molecule has 1 saturated carbocycles. The zero-order valence-electron chi connectivity index (χ0n) is 13.5. The molecular formula is C18H20F3NO. The third-order valence-corrected chi connectivity index (χ3v) is 4.95. The Bertz CT molecular complexity index is 690. The molecular weight excluding hydrogens is 303 g/mol. The summed E-state index contributed by atoms with van der Waals surface area (Å²) in [4.78, 5) is 13.3. The highest BCUT2D eigenvalue weighted by Crippen LogP contribution is 2.53. The summed E-state index contributed by atoms with van der Waals surface area (Å²) in [6, 6.07) is 5.52. The highest BCUT2D eigenvalue weighted by atomic mass is 19.4. The van der Waals surface area contributed by atoms with E-state index in [4.69, 9.17) is 0 Å². The van der Waals surface area contributed by atoms with Gasteiger partial charge in [-0.1, -0.05) is 24.3 Å². The standard InChI is InChI=1S/C18H20F3NO/c1-10(2)12-8-13(12)11-5-6-14-15(7-11)22(9-18(19,20)21)16(23)17(14,3)4/h5-7,12-13H,1,8-9H2,2-4H3/t12-,13-/m1/s1. The fourth-order valence-electron chi connectivity index (χ4n) is 3.54. The molecule has 0 radical (unpaired) electrons. The van der Waals surface area contributed by atoms with Gasteiger partial charge in [-0.25, -0.2) is 0 Å². The first-order valence-corrected chi connectivity index (χ1v) is 7.71. The number of nitrogens with zero attached hydrogens (tertiary/aromatic N) is 1. The Labute approximate surface area is 134 Å². The van der Waals surface area contributed by atoms with Crippen LogP contribution in [-0.2, 0) is 10.2 Å². The van der Waals surface area contributed by atoms with E-state index in [-0.39, 0.29) is 0 Å². The molecule has 0 unspecified atom stereocenters. The van der Waals surface area contributed by atoms with Crippen LogP contribution in [0.2, 0.25) is 0 Å². The van der Waals surface area contributed by atoms with Gasteiger partial charge < -0.3 is 4.90 Å². The number of hydrogen-bond acceptors (Lipinski definition) is 1. The van der Waals surface area contributed by atoms with Gasteiger partial charge in [-0.2, -0.15) is 13.2 Å². The van der Waals surface area contributed by atoms with Gasteiger partial charge in [0.05, 0.1) is 5.41 Å². The molecule has 0 bridgehead atoms. The molecule has 0 spiro atoms. The van der Waals surface area contributed by atoms with Crippen LogP contribution in [0.5, 0.6) is 0 Å². The lowest BCUT2D eigenvalue weighted by atomic mass is 9.85. The molecule has 0 N–H and O–H groups in total. The summed E-state index contributed by atoms with van der Waals surface area (Å²) >= 11 is 0. The average Bonchev–Trinajstić information content (AvgIpc) is 3.19. The Kier molecular flexibility index (Phi) is 3.40. The molecule has 5 heteroatoms. The lowest BCUT2D eigenvalue weighted by Crippen LogP contribution is -2.41. The van der Waals surface area contributed by atoms with Gasteiger partial charge in [0, 0.05) is 5.69 Å². The second kappa shape index (κ2) is 4.86. The normalized spacial score (nSPS) is 25.5. The van der Waals surface area contributed by atoms with E-state index in [1.165, 1.54) is 0 Å². The van der Waals surface area contributed by atoms with E-state index < -0.39 is 24.0 Å². The number of halogens is 3. The smallest absolute Gasteiger partial charge is 0.302 e. The Morgan fingerprint density at radius 1 is 1.39 bits per heavy atom. The maximum Gasteiger partial charge on any atom is 0.406 e. The fraction of sp³-hybridized carbons (Fsp3) is 0.500. The number of rotatable bonds is 3. The number of amides is 1. The Balaban J connectivity index is 1.99.